The largest absolute Gasteiger partial charge is 0.325 e. The number of amides is 1. The average Bonchev–Trinajstić information content (AvgIpc) is 3.14. The van der Waals surface area contributed by atoms with Crippen molar-refractivity contribution in [2.24, 2.45) is 0 Å². The van der Waals surface area contributed by atoms with Crippen molar-refractivity contribution >= 4 is 19.6 Å². The van der Waals surface area contributed by atoms with E-state index in [4.69, 9.17) is 7.85 Å². The van der Waals surface area contributed by atoms with E-state index in [1.807, 2.05) is 16.5 Å². The molecule has 5 nitrogen and oxygen atoms in total. The summed E-state index contributed by atoms with van der Waals surface area (Å²) in [5.74, 6) is 1.18. The molecule has 1 aliphatic heterocycles. The third-order valence-corrected chi connectivity index (χ3v) is 5.87. The van der Waals surface area contributed by atoms with Crippen LogP contribution in [0.3, 0.4) is 0 Å². The summed E-state index contributed by atoms with van der Waals surface area (Å²) in [5, 5.41) is 2.79. The Morgan fingerprint density at radius 2 is 1.38 bits per heavy atom. The molecule has 2 rings (SSSR count). The standard InChI is InChI=1S/C23H39BN4O/c1-20-26-23(29)21-22(27(20)2)25-19-28(21)18-16-14-12-10-8-6-4-3-5-7-9-11-13-15-17-24/h19H,1,3-18H2,2H3,(H,26,29). The topological polar surface area (TPSA) is 50.2 Å². The molecule has 0 saturated heterocycles. The van der Waals surface area contributed by atoms with Crippen LogP contribution in [-0.2, 0) is 6.54 Å². The summed E-state index contributed by atoms with van der Waals surface area (Å²) in [6, 6.07) is 0. The van der Waals surface area contributed by atoms with E-state index in [-0.39, 0.29) is 5.91 Å². The number of fused-ring (bicyclic) bond motifs is 1. The van der Waals surface area contributed by atoms with Crippen molar-refractivity contribution in [2.45, 2.75) is 103 Å². The summed E-state index contributed by atoms with van der Waals surface area (Å²) in [6.07, 6.45) is 21.0. The van der Waals surface area contributed by atoms with E-state index in [1.54, 1.807) is 6.33 Å². The minimum atomic E-state index is -0.101. The van der Waals surface area contributed by atoms with Gasteiger partial charge >= 0.3 is 0 Å². The predicted octanol–water partition coefficient (Wildman–Crippen LogP) is 5.58. The SMILES string of the molecule is [B]CCCCCCCCCCCCCCCCn1cnc2c1C(=O)NC(=C)N2C. The van der Waals surface area contributed by atoms with Gasteiger partial charge in [-0.1, -0.05) is 96.4 Å². The Morgan fingerprint density at radius 3 is 1.90 bits per heavy atom. The monoisotopic (exact) mass is 398 g/mol. The van der Waals surface area contributed by atoms with Crippen LogP contribution >= 0.6 is 0 Å². The number of imidazole rings is 1. The second kappa shape index (κ2) is 13.5. The molecule has 0 bridgehead atoms. The minimum absolute atomic E-state index is 0.101. The van der Waals surface area contributed by atoms with E-state index in [1.165, 1.54) is 83.5 Å². The molecule has 1 aromatic heterocycles. The fraction of sp³-hybridized carbons (Fsp3) is 0.739. The van der Waals surface area contributed by atoms with E-state index in [0.29, 0.717) is 17.3 Å². The second-order valence-electron chi connectivity index (χ2n) is 8.31. The van der Waals surface area contributed by atoms with Gasteiger partial charge in [0.1, 0.15) is 5.82 Å². The predicted molar refractivity (Wildman–Crippen MR) is 122 cm³/mol. The number of aryl methyl sites for hydroxylation is 1. The van der Waals surface area contributed by atoms with E-state index in [9.17, 15) is 4.79 Å². The Bertz CT molecular complexity index is 628. The number of unbranched alkanes of at least 4 members (excludes halogenated alkanes) is 13. The van der Waals surface area contributed by atoms with E-state index in [0.717, 1.165) is 19.3 Å². The number of hydrogen-bond donors (Lipinski definition) is 1. The molecule has 0 atom stereocenters. The first-order valence-corrected chi connectivity index (χ1v) is 11.6. The number of carbonyl (C=O) groups is 1. The molecule has 1 aromatic rings. The van der Waals surface area contributed by atoms with E-state index >= 15 is 0 Å². The first-order valence-electron chi connectivity index (χ1n) is 11.6. The molecule has 0 spiro atoms. The van der Waals surface area contributed by atoms with Crippen LogP contribution in [0.5, 0.6) is 0 Å². The molecule has 1 aliphatic rings. The Kier molecular flexibility index (Phi) is 11.0. The van der Waals surface area contributed by atoms with Gasteiger partial charge in [-0.25, -0.2) is 4.98 Å². The highest BCUT2D eigenvalue weighted by atomic mass is 16.2. The molecule has 2 radical (unpaired) electrons. The molecular weight excluding hydrogens is 359 g/mol. The summed E-state index contributed by atoms with van der Waals surface area (Å²) >= 11 is 0. The van der Waals surface area contributed by atoms with Gasteiger partial charge in [-0.3, -0.25) is 4.79 Å². The van der Waals surface area contributed by atoms with Crippen molar-refractivity contribution in [1.29, 1.82) is 0 Å². The van der Waals surface area contributed by atoms with Crippen LogP contribution in [0.25, 0.3) is 0 Å². The fourth-order valence-electron chi connectivity index (χ4n) is 3.97. The van der Waals surface area contributed by atoms with Crippen LogP contribution < -0.4 is 10.2 Å². The third-order valence-electron chi connectivity index (χ3n) is 5.87. The molecule has 0 unspecified atom stereocenters. The molecule has 29 heavy (non-hydrogen) atoms. The molecule has 1 N–H and O–H groups in total. The molecule has 0 aromatic carbocycles. The highest BCUT2D eigenvalue weighted by Gasteiger charge is 2.28. The summed E-state index contributed by atoms with van der Waals surface area (Å²) in [7, 11) is 7.39. The van der Waals surface area contributed by atoms with Gasteiger partial charge < -0.3 is 14.8 Å². The molecule has 0 aliphatic carbocycles. The van der Waals surface area contributed by atoms with Gasteiger partial charge in [-0.15, -0.1) is 0 Å². The van der Waals surface area contributed by atoms with Gasteiger partial charge in [-0.05, 0) is 6.42 Å². The average molecular weight is 398 g/mol. The molecule has 1 amide bonds. The zero-order valence-corrected chi connectivity index (χ0v) is 18.4. The van der Waals surface area contributed by atoms with Crippen molar-refractivity contribution in [3.8, 4) is 0 Å². The maximum absolute atomic E-state index is 12.2. The lowest BCUT2D eigenvalue weighted by Gasteiger charge is -2.26. The number of carbonyl (C=O) groups excluding carboxylic acids is 1. The molecule has 160 valence electrons. The molecular formula is C23H39BN4O. The zero-order chi connectivity index (χ0) is 20.9. The van der Waals surface area contributed by atoms with Crippen molar-refractivity contribution in [1.82, 2.24) is 14.9 Å². The number of hydrogen-bond acceptors (Lipinski definition) is 3. The Hall–Kier alpha value is -1.72. The zero-order valence-electron chi connectivity index (χ0n) is 18.4. The summed E-state index contributed by atoms with van der Waals surface area (Å²) in [5.41, 5.74) is 0.652. The van der Waals surface area contributed by atoms with Gasteiger partial charge in [0, 0.05) is 13.6 Å². The Labute approximate surface area is 178 Å². The van der Waals surface area contributed by atoms with Gasteiger partial charge in [0.2, 0.25) is 0 Å². The Morgan fingerprint density at radius 1 is 0.897 bits per heavy atom. The summed E-state index contributed by atoms with van der Waals surface area (Å²) in [6.45, 7) is 4.69. The quantitative estimate of drug-likeness (QED) is 0.292. The van der Waals surface area contributed by atoms with Crippen molar-refractivity contribution in [3.63, 3.8) is 0 Å². The summed E-state index contributed by atoms with van der Waals surface area (Å²) < 4.78 is 1.98. The maximum atomic E-state index is 12.2. The van der Waals surface area contributed by atoms with E-state index in [2.05, 4.69) is 16.9 Å². The first-order chi connectivity index (χ1) is 14.1. The van der Waals surface area contributed by atoms with Crippen molar-refractivity contribution < 1.29 is 4.79 Å². The number of rotatable bonds is 16. The highest BCUT2D eigenvalue weighted by molar-refractivity contribution is 6.08. The van der Waals surface area contributed by atoms with Gasteiger partial charge in [0.15, 0.2) is 11.5 Å². The van der Waals surface area contributed by atoms with Crippen LogP contribution in [0.4, 0.5) is 5.82 Å². The lowest BCUT2D eigenvalue weighted by Crippen LogP contribution is -2.39. The van der Waals surface area contributed by atoms with E-state index < -0.39 is 0 Å². The first kappa shape index (κ1) is 23.6. The Balaban J connectivity index is 1.45. The molecule has 0 fully saturated rings. The van der Waals surface area contributed by atoms with Crippen LogP contribution in [0.2, 0.25) is 6.32 Å². The normalized spacial score (nSPS) is 13.6. The highest BCUT2D eigenvalue weighted by Crippen LogP contribution is 2.24. The fourth-order valence-corrected chi connectivity index (χ4v) is 3.97. The molecule has 6 heteroatoms. The molecule has 0 saturated carbocycles. The number of anilines is 1. The number of nitrogens with one attached hydrogen (secondary N) is 1. The third kappa shape index (κ3) is 7.90. The van der Waals surface area contributed by atoms with Crippen LogP contribution in [0.15, 0.2) is 18.7 Å². The number of aromatic nitrogens is 2. The lowest BCUT2D eigenvalue weighted by atomic mass is 9.98. The smallest absolute Gasteiger partial charge is 0.277 e. The lowest BCUT2D eigenvalue weighted by molar-refractivity contribution is 0.0951. The second-order valence-corrected chi connectivity index (χ2v) is 8.31. The van der Waals surface area contributed by atoms with Crippen molar-refractivity contribution in [2.75, 3.05) is 11.9 Å². The summed E-state index contributed by atoms with van der Waals surface area (Å²) in [4.78, 5) is 18.4. The van der Waals surface area contributed by atoms with Gasteiger partial charge in [-0.2, -0.15) is 0 Å². The number of nitrogens with zero attached hydrogens (tertiary/aromatic N) is 3. The van der Waals surface area contributed by atoms with Crippen LogP contribution in [0.1, 0.15) is 100 Å². The van der Waals surface area contributed by atoms with Gasteiger partial charge in [0.25, 0.3) is 5.91 Å². The molecule has 2 heterocycles. The van der Waals surface area contributed by atoms with Crippen molar-refractivity contribution in [3.05, 3.63) is 24.4 Å². The van der Waals surface area contributed by atoms with Crippen LogP contribution in [0, 0.1) is 0 Å². The van der Waals surface area contributed by atoms with Gasteiger partial charge in [0.05, 0.1) is 14.2 Å². The minimum Gasteiger partial charge on any atom is -0.325 e. The van der Waals surface area contributed by atoms with Crippen LogP contribution in [-0.4, -0.2) is 30.4 Å². The maximum Gasteiger partial charge on any atom is 0.277 e.